The van der Waals surface area contributed by atoms with Crippen LogP contribution >= 0.6 is 0 Å². The van der Waals surface area contributed by atoms with Gasteiger partial charge in [0.05, 0.1) is 5.71 Å². The number of carbonyl (C=O) groups excluding carboxylic acids is 1. The first kappa shape index (κ1) is 11.7. The van der Waals surface area contributed by atoms with Crippen molar-refractivity contribution >= 4 is 11.6 Å². The van der Waals surface area contributed by atoms with Gasteiger partial charge in [-0.3, -0.25) is 4.79 Å². The van der Waals surface area contributed by atoms with Crippen molar-refractivity contribution in [3.63, 3.8) is 0 Å². The maximum atomic E-state index is 13.4. The van der Waals surface area contributed by atoms with Crippen molar-refractivity contribution in [2.24, 2.45) is 11.0 Å². The molecule has 0 saturated heterocycles. The van der Waals surface area contributed by atoms with Gasteiger partial charge < -0.3 is 0 Å². The molecule has 3 nitrogen and oxygen atoms in total. The molecule has 1 aliphatic rings. The fourth-order valence-corrected chi connectivity index (χ4v) is 1.41. The highest BCUT2D eigenvalue weighted by Crippen LogP contribution is 2.28. The number of hydrazone groups is 1. The van der Waals surface area contributed by atoms with Crippen molar-refractivity contribution in [2.75, 3.05) is 0 Å². The number of hydrogen-bond acceptors (Lipinski definition) is 2. The Bertz CT molecular complexity index is 481. The molecule has 1 aliphatic carbocycles. The highest BCUT2D eigenvalue weighted by molar-refractivity contribution is 5.99. The minimum Gasteiger partial charge on any atom is -0.273 e. The summed E-state index contributed by atoms with van der Waals surface area (Å²) in [6, 6.07) is 3.12. The Morgan fingerprint density at radius 2 is 2.12 bits per heavy atom. The van der Waals surface area contributed by atoms with Gasteiger partial charge in [-0.25, -0.2) is 14.2 Å². The lowest BCUT2D eigenvalue weighted by Gasteiger charge is -2.03. The summed E-state index contributed by atoms with van der Waals surface area (Å²) in [5, 5.41) is 3.77. The zero-order valence-corrected chi connectivity index (χ0v) is 9.34. The second-order valence-corrected chi connectivity index (χ2v) is 4.07. The molecule has 0 aliphatic heterocycles. The first-order valence-corrected chi connectivity index (χ1v) is 5.37. The SMILES string of the molecule is C/C(=N/NC(=O)C1CC1)c1cc(F)ccc1F. The minimum atomic E-state index is -0.562. The minimum absolute atomic E-state index is 0.0314. The van der Waals surface area contributed by atoms with Crippen LogP contribution < -0.4 is 5.43 Å². The van der Waals surface area contributed by atoms with E-state index < -0.39 is 11.6 Å². The van der Waals surface area contributed by atoms with E-state index in [4.69, 9.17) is 0 Å². The second-order valence-electron chi connectivity index (χ2n) is 4.07. The molecule has 0 spiro atoms. The van der Waals surface area contributed by atoms with Crippen LogP contribution in [0, 0.1) is 17.6 Å². The summed E-state index contributed by atoms with van der Waals surface area (Å²) >= 11 is 0. The lowest BCUT2D eigenvalue weighted by Crippen LogP contribution is -2.21. The van der Waals surface area contributed by atoms with Gasteiger partial charge in [0.15, 0.2) is 0 Å². The lowest BCUT2D eigenvalue weighted by molar-refractivity contribution is -0.122. The van der Waals surface area contributed by atoms with E-state index in [-0.39, 0.29) is 23.1 Å². The van der Waals surface area contributed by atoms with E-state index in [2.05, 4.69) is 10.5 Å². The third-order valence-corrected chi connectivity index (χ3v) is 2.60. The van der Waals surface area contributed by atoms with Gasteiger partial charge in [0, 0.05) is 11.5 Å². The molecular weight excluding hydrogens is 226 g/mol. The number of hydrogen-bond donors (Lipinski definition) is 1. The number of nitrogens with one attached hydrogen (secondary N) is 1. The van der Waals surface area contributed by atoms with E-state index >= 15 is 0 Å². The number of benzene rings is 1. The Labute approximate surface area is 97.5 Å². The Morgan fingerprint density at radius 1 is 1.41 bits per heavy atom. The van der Waals surface area contributed by atoms with Crippen LogP contribution in [-0.4, -0.2) is 11.6 Å². The molecule has 5 heteroatoms. The van der Waals surface area contributed by atoms with E-state index in [1.54, 1.807) is 0 Å². The van der Waals surface area contributed by atoms with Crippen molar-refractivity contribution in [2.45, 2.75) is 19.8 Å². The summed E-state index contributed by atoms with van der Waals surface area (Å²) in [7, 11) is 0. The molecule has 1 aromatic rings. The molecule has 1 amide bonds. The second kappa shape index (κ2) is 4.61. The van der Waals surface area contributed by atoms with Gasteiger partial charge in [-0.2, -0.15) is 5.10 Å². The van der Waals surface area contributed by atoms with Gasteiger partial charge in [0.25, 0.3) is 0 Å². The summed E-state index contributed by atoms with van der Waals surface area (Å²) in [5.74, 6) is -1.23. The van der Waals surface area contributed by atoms with E-state index in [1.807, 2.05) is 0 Å². The first-order chi connectivity index (χ1) is 8.08. The molecule has 0 atom stereocenters. The average Bonchev–Trinajstić information content (AvgIpc) is 3.12. The van der Waals surface area contributed by atoms with Gasteiger partial charge in [-0.1, -0.05) is 0 Å². The van der Waals surface area contributed by atoms with E-state index in [0.29, 0.717) is 0 Å². The quantitative estimate of drug-likeness (QED) is 0.636. The van der Waals surface area contributed by atoms with Crippen LogP contribution in [0.25, 0.3) is 0 Å². The third kappa shape index (κ3) is 2.87. The molecule has 0 aromatic heterocycles. The van der Waals surface area contributed by atoms with Gasteiger partial charge in [-0.15, -0.1) is 0 Å². The smallest absolute Gasteiger partial charge is 0.243 e. The van der Waals surface area contributed by atoms with Gasteiger partial charge >= 0.3 is 0 Å². The highest BCUT2D eigenvalue weighted by atomic mass is 19.1. The fourth-order valence-electron chi connectivity index (χ4n) is 1.41. The molecule has 0 bridgehead atoms. The van der Waals surface area contributed by atoms with Crippen LogP contribution in [0.5, 0.6) is 0 Å². The molecule has 0 heterocycles. The van der Waals surface area contributed by atoms with E-state index in [0.717, 1.165) is 31.0 Å². The number of halogens is 2. The molecule has 1 fully saturated rings. The maximum absolute atomic E-state index is 13.4. The summed E-state index contributed by atoms with van der Waals surface area (Å²) in [4.78, 5) is 11.3. The largest absolute Gasteiger partial charge is 0.273 e. The van der Waals surface area contributed by atoms with Crippen LogP contribution in [-0.2, 0) is 4.79 Å². The molecule has 1 aromatic carbocycles. The van der Waals surface area contributed by atoms with E-state index in [9.17, 15) is 13.6 Å². The molecule has 1 N–H and O–H groups in total. The zero-order chi connectivity index (χ0) is 12.4. The normalized spacial score (nSPS) is 15.8. The molecule has 17 heavy (non-hydrogen) atoms. The lowest BCUT2D eigenvalue weighted by atomic mass is 10.1. The van der Waals surface area contributed by atoms with Crippen molar-refractivity contribution in [3.05, 3.63) is 35.4 Å². The van der Waals surface area contributed by atoms with Crippen LogP contribution in [0.15, 0.2) is 23.3 Å². The summed E-state index contributed by atoms with van der Waals surface area (Å²) in [5.41, 5.74) is 2.65. The standard InChI is InChI=1S/C12H12F2N2O/c1-7(15-16-12(17)8-2-3-8)10-6-9(13)4-5-11(10)14/h4-6,8H,2-3H2,1H3,(H,16,17)/b15-7-. The highest BCUT2D eigenvalue weighted by Gasteiger charge is 2.29. The van der Waals surface area contributed by atoms with Gasteiger partial charge in [0.1, 0.15) is 11.6 Å². The van der Waals surface area contributed by atoms with Crippen molar-refractivity contribution in [1.29, 1.82) is 0 Å². The molecule has 2 rings (SSSR count). The Morgan fingerprint density at radius 3 is 2.76 bits per heavy atom. The molecule has 1 saturated carbocycles. The van der Waals surface area contributed by atoms with E-state index in [1.165, 1.54) is 6.92 Å². The first-order valence-electron chi connectivity index (χ1n) is 5.37. The third-order valence-electron chi connectivity index (χ3n) is 2.60. The topological polar surface area (TPSA) is 41.5 Å². The van der Waals surface area contributed by atoms with Gasteiger partial charge in [0.2, 0.25) is 5.91 Å². The Hall–Kier alpha value is -1.78. The molecular formula is C12H12F2N2O. The number of rotatable bonds is 3. The Kier molecular flexibility index (Phi) is 3.17. The predicted molar refractivity (Wildman–Crippen MR) is 59.4 cm³/mol. The van der Waals surface area contributed by atoms with Crippen LogP contribution in [0.3, 0.4) is 0 Å². The molecule has 90 valence electrons. The number of amides is 1. The zero-order valence-electron chi connectivity index (χ0n) is 9.34. The fraction of sp³-hybridized carbons (Fsp3) is 0.333. The Balaban J connectivity index is 2.11. The molecule has 0 unspecified atom stereocenters. The van der Waals surface area contributed by atoms with Gasteiger partial charge in [-0.05, 0) is 38.0 Å². The monoisotopic (exact) mass is 238 g/mol. The average molecular weight is 238 g/mol. The molecule has 0 radical (unpaired) electrons. The maximum Gasteiger partial charge on any atom is 0.243 e. The van der Waals surface area contributed by atoms with Crippen LogP contribution in [0.4, 0.5) is 8.78 Å². The van der Waals surface area contributed by atoms with Crippen molar-refractivity contribution in [3.8, 4) is 0 Å². The van der Waals surface area contributed by atoms with Crippen molar-refractivity contribution < 1.29 is 13.6 Å². The summed E-state index contributed by atoms with van der Waals surface area (Å²) in [6.07, 6.45) is 1.74. The summed E-state index contributed by atoms with van der Waals surface area (Å²) < 4.78 is 26.3. The summed E-state index contributed by atoms with van der Waals surface area (Å²) in [6.45, 7) is 1.52. The van der Waals surface area contributed by atoms with Crippen molar-refractivity contribution in [1.82, 2.24) is 5.43 Å². The van der Waals surface area contributed by atoms with Crippen LogP contribution in [0.1, 0.15) is 25.3 Å². The predicted octanol–water partition coefficient (Wildman–Crippen LogP) is 2.21. The number of nitrogens with zero attached hydrogens (tertiary/aromatic N) is 1. The van der Waals surface area contributed by atoms with Crippen LogP contribution in [0.2, 0.25) is 0 Å². The number of carbonyl (C=O) groups is 1.